The summed E-state index contributed by atoms with van der Waals surface area (Å²) in [5, 5.41) is 9.90. The van der Waals surface area contributed by atoms with Crippen molar-refractivity contribution < 1.29 is 19.4 Å². The normalized spacial score (nSPS) is 11.0. The average Bonchev–Trinajstić information content (AvgIpc) is 2.78. The van der Waals surface area contributed by atoms with E-state index in [1.54, 1.807) is 62.4 Å². The molecule has 0 fully saturated rings. The molecule has 1 N–H and O–H groups in total. The second-order valence-corrected chi connectivity index (χ2v) is 7.56. The quantitative estimate of drug-likeness (QED) is 0.460. The number of hydrogen-bond donors (Lipinski definition) is 1. The van der Waals surface area contributed by atoms with E-state index >= 15 is 0 Å². The van der Waals surface area contributed by atoms with E-state index in [-0.39, 0.29) is 30.0 Å². The summed E-state index contributed by atoms with van der Waals surface area (Å²) in [4.78, 5) is 29.3. The van der Waals surface area contributed by atoms with Crippen molar-refractivity contribution in [3.05, 3.63) is 94.5 Å². The first-order valence-corrected chi connectivity index (χ1v) is 10.1. The Morgan fingerprint density at radius 2 is 1.84 bits per heavy atom. The van der Waals surface area contributed by atoms with E-state index in [0.29, 0.717) is 27.9 Å². The molecular weight excluding hydrogens is 408 g/mol. The smallest absolute Gasteiger partial charge is 0.338 e. The fourth-order valence-corrected chi connectivity index (χ4v) is 3.23. The van der Waals surface area contributed by atoms with Crippen molar-refractivity contribution in [3.8, 4) is 17.2 Å². The van der Waals surface area contributed by atoms with Crippen LogP contribution < -0.4 is 10.3 Å². The van der Waals surface area contributed by atoms with Crippen LogP contribution in [0.1, 0.15) is 29.8 Å². The van der Waals surface area contributed by atoms with Crippen LogP contribution in [0.5, 0.6) is 11.5 Å². The van der Waals surface area contributed by atoms with Gasteiger partial charge in [-0.1, -0.05) is 12.1 Å². The van der Waals surface area contributed by atoms with E-state index in [1.807, 2.05) is 6.07 Å². The number of ether oxygens (including phenoxy) is 2. The number of phenolic OH excluding ortho intramolecular Hbond substituents is 1. The molecule has 0 saturated carbocycles. The number of carbonyl (C=O) groups is 1. The van der Waals surface area contributed by atoms with E-state index in [9.17, 15) is 14.7 Å². The van der Waals surface area contributed by atoms with Crippen molar-refractivity contribution in [2.75, 3.05) is 0 Å². The number of benzene rings is 3. The highest BCUT2D eigenvalue weighted by Crippen LogP contribution is 2.20. The minimum atomic E-state index is -0.373. The monoisotopic (exact) mass is 430 g/mol. The van der Waals surface area contributed by atoms with E-state index in [1.165, 1.54) is 23.0 Å². The number of aromatic hydroxyl groups is 1. The van der Waals surface area contributed by atoms with E-state index < -0.39 is 0 Å². The first-order chi connectivity index (χ1) is 15.4. The van der Waals surface area contributed by atoms with Gasteiger partial charge >= 0.3 is 5.97 Å². The lowest BCUT2D eigenvalue weighted by Gasteiger charge is -2.11. The third kappa shape index (κ3) is 4.62. The zero-order chi connectivity index (χ0) is 22.7. The molecule has 7 heteroatoms. The molecule has 7 nitrogen and oxygen atoms in total. The summed E-state index contributed by atoms with van der Waals surface area (Å²) in [6.45, 7) is 3.86. The third-order valence-corrected chi connectivity index (χ3v) is 4.77. The number of aromatic nitrogens is 2. The molecule has 0 aliphatic rings. The fourth-order valence-electron chi connectivity index (χ4n) is 3.23. The van der Waals surface area contributed by atoms with Gasteiger partial charge in [0.2, 0.25) is 0 Å². The number of rotatable bonds is 6. The Morgan fingerprint density at radius 3 is 2.59 bits per heavy atom. The van der Waals surface area contributed by atoms with Crippen LogP contribution in [-0.2, 0) is 11.3 Å². The van der Waals surface area contributed by atoms with Crippen molar-refractivity contribution in [2.24, 2.45) is 0 Å². The second-order valence-electron chi connectivity index (χ2n) is 7.56. The molecule has 0 unspecified atom stereocenters. The maximum absolute atomic E-state index is 12.9. The molecule has 4 aromatic rings. The molecule has 1 aromatic heterocycles. The Morgan fingerprint density at radius 1 is 1.06 bits per heavy atom. The highest BCUT2D eigenvalue weighted by Gasteiger charge is 2.11. The van der Waals surface area contributed by atoms with Crippen LogP contribution in [0.25, 0.3) is 16.6 Å². The lowest BCUT2D eigenvalue weighted by atomic mass is 10.1. The van der Waals surface area contributed by atoms with Crippen molar-refractivity contribution in [1.82, 2.24) is 9.55 Å². The molecule has 0 spiro atoms. The van der Waals surface area contributed by atoms with E-state index in [0.717, 1.165) is 5.56 Å². The van der Waals surface area contributed by atoms with Crippen molar-refractivity contribution in [1.29, 1.82) is 0 Å². The summed E-state index contributed by atoms with van der Waals surface area (Å²) in [6, 6.07) is 18.5. The minimum Gasteiger partial charge on any atom is -0.508 e. The van der Waals surface area contributed by atoms with E-state index in [4.69, 9.17) is 9.47 Å². The van der Waals surface area contributed by atoms with Gasteiger partial charge in [0.1, 0.15) is 24.4 Å². The van der Waals surface area contributed by atoms with Gasteiger partial charge in [-0.2, -0.15) is 0 Å². The zero-order valence-electron chi connectivity index (χ0n) is 17.7. The van der Waals surface area contributed by atoms with Crippen LogP contribution in [0.4, 0.5) is 0 Å². The topological polar surface area (TPSA) is 90.7 Å². The largest absolute Gasteiger partial charge is 0.508 e. The Kier molecular flexibility index (Phi) is 5.89. The molecule has 3 aromatic carbocycles. The van der Waals surface area contributed by atoms with Crippen molar-refractivity contribution in [3.63, 3.8) is 0 Å². The maximum Gasteiger partial charge on any atom is 0.338 e. The molecule has 0 bridgehead atoms. The molecule has 0 atom stereocenters. The number of phenols is 1. The SMILES string of the molecule is CC(C)OC(=O)c1cccc(COc2ccc3c(=O)n(-c4ccc(O)cc4)cnc3c2)c1. The van der Waals surface area contributed by atoms with Gasteiger partial charge < -0.3 is 14.6 Å². The third-order valence-electron chi connectivity index (χ3n) is 4.77. The first-order valence-electron chi connectivity index (χ1n) is 10.1. The summed E-state index contributed by atoms with van der Waals surface area (Å²) in [5.41, 5.74) is 2.19. The molecule has 32 heavy (non-hydrogen) atoms. The number of carbonyl (C=O) groups excluding carboxylic acids is 1. The summed E-state index contributed by atoms with van der Waals surface area (Å²) in [5.74, 6) is 0.309. The number of esters is 1. The minimum absolute atomic E-state index is 0.125. The molecule has 4 rings (SSSR count). The van der Waals surface area contributed by atoms with Crippen LogP contribution in [0.15, 0.2) is 77.9 Å². The van der Waals surface area contributed by atoms with Gasteiger partial charge in [0.05, 0.1) is 28.3 Å². The Balaban J connectivity index is 1.53. The predicted molar refractivity (Wildman–Crippen MR) is 120 cm³/mol. The highest BCUT2D eigenvalue weighted by molar-refractivity contribution is 5.89. The van der Waals surface area contributed by atoms with Crippen LogP contribution in [0, 0.1) is 0 Å². The van der Waals surface area contributed by atoms with E-state index in [2.05, 4.69) is 4.98 Å². The standard InChI is InChI=1S/C25H22N2O5/c1-16(2)32-25(30)18-5-3-4-17(12-18)14-31-21-10-11-22-23(13-21)26-15-27(24(22)29)19-6-8-20(28)9-7-19/h3-13,15-16,28H,14H2,1-2H3. The van der Waals surface area contributed by atoms with Gasteiger partial charge in [0, 0.05) is 6.07 Å². The van der Waals surface area contributed by atoms with Crippen molar-refractivity contribution >= 4 is 16.9 Å². The lowest BCUT2D eigenvalue weighted by molar-refractivity contribution is 0.0377. The van der Waals surface area contributed by atoms with Gasteiger partial charge in [0.15, 0.2) is 0 Å². The fraction of sp³-hybridized carbons (Fsp3) is 0.160. The Hall–Kier alpha value is -4.13. The van der Waals surface area contributed by atoms with Gasteiger partial charge in [0.25, 0.3) is 5.56 Å². The summed E-state index contributed by atoms with van der Waals surface area (Å²) in [6.07, 6.45) is 1.26. The molecule has 0 aliphatic carbocycles. The maximum atomic E-state index is 12.9. The lowest BCUT2D eigenvalue weighted by Crippen LogP contribution is -2.18. The van der Waals surface area contributed by atoms with Gasteiger partial charge in [-0.15, -0.1) is 0 Å². The van der Waals surface area contributed by atoms with Gasteiger partial charge in [-0.05, 0) is 67.9 Å². The molecular formula is C25H22N2O5. The number of nitrogens with zero attached hydrogens (tertiary/aromatic N) is 2. The molecule has 1 heterocycles. The van der Waals surface area contributed by atoms with Crippen LogP contribution in [0.3, 0.4) is 0 Å². The van der Waals surface area contributed by atoms with Crippen LogP contribution in [0.2, 0.25) is 0 Å². The average molecular weight is 430 g/mol. The predicted octanol–water partition coefficient (Wildman–Crippen LogP) is 4.24. The van der Waals surface area contributed by atoms with Crippen LogP contribution >= 0.6 is 0 Å². The second kappa shape index (κ2) is 8.93. The zero-order valence-corrected chi connectivity index (χ0v) is 17.7. The van der Waals surface area contributed by atoms with Crippen molar-refractivity contribution in [2.45, 2.75) is 26.6 Å². The molecule has 0 radical (unpaired) electrons. The van der Waals surface area contributed by atoms with Crippen LogP contribution in [-0.4, -0.2) is 26.7 Å². The summed E-state index contributed by atoms with van der Waals surface area (Å²) >= 11 is 0. The van der Waals surface area contributed by atoms with Gasteiger partial charge in [-0.3, -0.25) is 9.36 Å². The summed E-state index contributed by atoms with van der Waals surface area (Å²) in [7, 11) is 0. The Bertz CT molecular complexity index is 1330. The molecule has 0 amide bonds. The number of hydrogen-bond acceptors (Lipinski definition) is 6. The molecule has 162 valence electrons. The molecule has 0 aliphatic heterocycles. The highest BCUT2D eigenvalue weighted by atomic mass is 16.5. The summed E-state index contributed by atoms with van der Waals surface area (Å²) < 4.78 is 12.5. The first kappa shape index (κ1) is 21.1. The van der Waals surface area contributed by atoms with Gasteiger partial charge in [-0.25, -0.2) is 9.78 Å². The molecule has 0 saturated heterocycles. The number of fused-ring (bicyclic) bond motifs is 1. The Labute approximate surface area is 184 Å².